The maximum atomic E-state index is 9.55. The average molecular weight is 433 g/mol. The van der Waals surface area contributed by atoms with Gasteiger partial charge in [-0.25, -0.2) is 9.88 Å². The summed E-state index contributed by atoms with van der Waals surface area (Å²) in [6, 6.07) is 0. The minimum absolute atomic E-state index is 0.277. The van der Waals surface area contributed by atoms with E-state index in [0.29, 0.717) is 10.7 Å². The van der Waals surface area contributed by atoms with Crippen LogP contribution in [0.25, 0.3) is 0 Å². The molecule has 0 saturated heterocycles. The van der Waals surface area contributed by atoms with E-state index in [4.69, 9.17) is 0 Å². The number of hydrogen-bond acceptors (Lipinski definition) is 1. The zero-order valence-corrected chi connectivity index (χ0v) is 21.4. The molecule has 1 fully saturated rings. The highest BCUT2D eigenvalue weighted by Gasteiger charge is 2.46. The van der Waals surface area contributed by atoms with Crippen molar-refractivity contribution >= 4 is 16.4 Å². The molecule has 3 heteroatoms. The molecule has 172 valence electrons. The molecule has 0 aromatic carbocycles. The van der Waals surface area contributed by atoms with Gasteiger partial charge in [-0.2, -0.15) is 0 Å². The molecule has 1 saturated carbocycles. The lowest BCUT2D eigenvalue weighted by atomic mass is 9.79. The molecule has 0 aromatic rings. The highest BCUT2D eigenvalue weighted by atomic mass is 32.3. The van der Waals surface area contributed by atoms with Gasteiger partial charge in [-0.3, -0.25) is 0 Å². The van der Waals surface area contributed by atoms with E-state index in [-0.39, 0.29) is 6.61 Å². The fraction of sp³-hybridized carbons (Fsp3) is 0.852. The van der Waals surface area contributed by atoms with Crippen LogP contribution in [0.5, 0.6) is 0 Å². The van der Waals surface area contributed by atoms with E-state index < -0.39 is 9.88 Å². The standard InChI is InChI=1S/C27H49BOS/c1-22(18-19-23-12-11-13-24(20-23)21-29)28-30(27(2,3)4,25-14-7-5-8-15-25)26-16-9-6-10-17-26/h14,20,22-23,26,28-29H,5-13,15-19,21H2,1-4H3/t22-,23+/m1/s1. The van der Waals surface area contributed by atoms with Crippen LogP contribution in [0.4, 0.5) is 0 Å². The molecule has 1 unspecified atom stereocenters. The molecule has 30 heavy (non-hydrogen) atoms. The third-order valence-corrected chi connectivity index (χ3v) is 14.5. The topological polar surface area (TPSA) is 20.2 Å². The van der Waals surface area contributed by atoms with Crippen LogP contribution in [0.15, 0.2) is 22.6 Å². The molecule has 3 atom stereocenters. The van der Waals surface area contributed by atoms with Gasteiger partial charge < -0.3 is 5.11 Å². The highest BCUT2D eigenvalue weighted by molar-refractivity contribution is 8.55. The number of rotatable bonds is 8. The van der Waals surface area contributed by atoms with Crippen molar-refractivity contribution in [1.82, 2.24) is 0 Å². The zero-order valence-electron chi connectivity index (χ0n) is 20.6. The fourth-order valence-corrected chi connectivity index (χ4v) is 13.0. The third-order valence-electron chi connectivity index (χ3n) is 8.26. The Labute approximate surface area is 190 Å². The second kappa shape index (κ2) is 11.1. The molecular weight excluding hydrogens is 383 g/mol. The van der Waals surface area contributed by atoms with E-state index in [1.165, 1.54) is 95.6 Å². The van der Waals surface area contributed by atoms with Gasteiger partial charge in [0.1, 0.15) is 0 Å². The van der Waals surface area contributed by atoms with Crippen molar-refractivity contribution < 1.29 is 5.11 Å². The van der Waals surface area contributed by atoms with Crippen LogP contribution in [0, 0.1) is 5.92 Å². The van der Waals surface area contributed by atoms with Gasteiger partial charge in [-0.05, 0) is 90.6 Å². The largest absolute Gasteiger partial charge is 0.392 e. The van der Waals surface area contributed by atoms with Gasteiger partial charge in [0.2, 0.25) is 0 Å². The van der Waals surface area contributed by atoms with Crippen LogP contribution >= 0.6 is 9.88 Å². The maximum Gasteiger partial charge on any atom is 0.180 e. The second-order valence-electron chi connectivity index (χ2n) is 11.6. The lowest BCUT2D eigenvalue weighted by molar-refractivity contribution is 0.317. The Balaban J connectivity index is 1.78. The molecule has 0 bridgehead atoms. The molecule has 3 aliphatic carbocycles. The summed E-state index contributed by atoms with van der Waals surface area (Å²) < 4.78 is 0.418. The second-order valence-corrected chi connectivity index (χ2v) is 15.9. The van der Waals surface area contributed by atoms with Crippen LogP contribution in [0.3, 0.4) is 0 Å². The third kappa shape index (κ3) is 5.80. The summed E-state index contributed by atoms with van der Waals surface area (Å²) >= 11 is 0. The van der Waals surface area contributed by atoms with Gasteiger partial charge in [0.05, 0.1) is 6.61 Å². The summed E-state index contributed by atoms with van der Waals surface area (Å²) in [6.45, 7) is 12.1. The summed E-state index contributed by atoms with van der Waals surface area (Å²) in [4.78, 5) is 1.93. The first-order valence-electron chi connectivity index (χ1n) is 13.2. The fourth-order valence-electron chi connectivity index (χ4n) is 6.69. The van der Waals surface area contributed by atoms with Crippen LogP contribution in [-0.4, -0.2) is 28.3 Å². The Morgan fingerprint density at radius 1 is 1.03 bits per heavy atom. The average Bonchev–Trinajstić information content (AvgIpc) is 2.76. The molecule has 0 amide bonds. The number of allylic oxidation sites excluding steroid dienone is 3. The van der Waals surface area contributed by atoms with Gasteiger partial charge in [0.15, 0.2) is 6.56 Å². The predicted octanol–water partition coefficient (Wildman–Crippen LogP) is 8.04. The summed E-state index contributed by atoms with van der Waals surface area (Å²) in [5.74, 6) is 1.53. The molecule has 3 aliphatic rings. The van der Waals surface area contributed by atoms with Crippen LogP contribution in [-0.2, 0) is 0 Å². The van der Waals surface area contributed by atoms with Crippen molar-refractivity contribution in [3.8, 4) is 0 Å². The molecule has 1 N–H and O–H groups in total. The molecule has 3 rings (SSSR count). The molecule has 0 aromatic heterocycles. The van der Waals surface area contributed by atoms with Crippen molar-refractivity contribution in [2.75, 3.05) is 6.61 Å². The minimum atomic E-state index is -0.778. The predicted molar refractivity (Wildman–Crippen MR) is 139 cm³/mol. The van der Waals surface area contributed by atoms with Crippen LogP contribution in [0.2, 0.25) is 5.82 Å². The SMILES string of the molecule is C[C@@H](BS(C1=CCCCC1)(C1CCCCC1)C(C)(C)C)CC[C@H]1C=C(CO)CCC1. The van der Waals surface area contributed by atoms with E-state index in [1.807, 2.05) is 4.91 Å². The first-order valence-corrected chi connectivity index (χ1v) is 15.0. The van der Waals surface area contributed by atoms with E-state index in [1.54, 1.807) is 0 Å². The van der Waals surface area contributed by atoms with Gasteiger partial charge in [-0.1, -0.05) is 71.3 Å². The molecule has 0 spiro atoms. The molecule has 0 heterocycles. The number of aliphatic hydroxyl groups is 1. The monoisotopic (exact) mass is 432 g/mol. The summed E-state index contributed by atoms with van der Waals surface area (Å²) in [5, 5.41) is 10.5. The Morgan fingerprint density at radius 3 is 2.43 bits per heavy atom. The Bertz CT molecular complexity index is 598. The van der Waals surface area contributed by atoms with Crippen molar-refractivity contribution in [3.63, 3.8) is 0 Å². The maximum absolute atomic E-state index is 9.55. The van der Waals surface area contributed by atoms with Crippen LogP contribution < -0.4 is 0 Å². The zero-order chi connectivity index (χ0) is 21.6. The van der Waals surface area contributed by atoms with E-state index in [9.17, 15) is 5.11 Å². The summed E-state index contributed by atoms with van der Waals surface area (Å²) in [7, 11) is -0.778. The molecule has 0 aliphatic heterocycles. The Kier molecular flexibility index (Phi) is 9.09. The van der Waals surface area contributed by atoms with E-state index in [0.717, 1.165) is 17.5 Å². The lowest BCUT2D eigenvalue weighted by Gasteiger charge is -2.60. The summed E-state index contributed by atoms with van der Waals surface area (Å²) in [5.41, 5.74) is 1.29. The van der Waals surface area contributed by atoms with E-state index in [2.05, 4.69) is 39.8 Å². The van der Waals surface area contributed by atoms with Gasteiger partial charge in [0.25, 0.3) is 0 Å². The van der Waals surface area contributed by atoms with Crippen LogP contribution in [0.1, 0.15) is 118 Å². The van der Waals surface area contributed by atoms with Gasteiger partial charge >= 0.3 is 0 Å². The minimum Gasteiger partial charge on any atom is -0.392 e. The normalized spacial score (nSPS) is 28.1. The molecule has 1 nitrogen and oxygen atoms in total. The Hall–Kier alpha value is -0.145. The summed E-state index contributed by atoms with van der Waals surface area (Å²) in [6.07, 6.45) is 24.5. The highest BCUT2D eigenvalue weighted by Crippen LogP contribution is 2.72. The van der Waals surface area contributed by atoms with Gasteiger partial charge in [-0.15, -0.1) is 0 Å². The van der Waals surface area contributed by atoms with Crippen molar-refractivity contribution in [1.29, 1.82) is 0 Å². The molecule has 0 radical (unpaired) electrons. The van der Waals surface area contributed by atoms with Crippen molar-refractivity contribution in [2.45, 2.75) is 133 Å². The van der Waals surface area contributed by atoms with Crippen molar-refractivity contribution in [3.05, 3.63) is 22.6 Å². The number of aliphatic hydroxyl groups excluding tert-OH is 1. The first-order chi connectivity index (χ1) is 14.4. The number of hydrogen-bond donors (Lipinski definition) is 1. The quantitative estimate of drug-likeness (QED) is 0.304. The molecular formula is C27H49BOS. The first kappa shape index (κ1) is 24.5. The Morgan fingerprint density at radius 2 is 1.80 bits per heavy atom. The van der Waals surface area contributed by atoms with Gasteiger partial charge in [0, 0.05) is 0 Å². The van der Waals surface area contributed by atoms with E-state index >= 15 is 0 Å². The lowest BCUT2D eigenvalue weighted by Crippen LogP contribution is -2.41. The smallest absolute Gasteiger partial charge is 0.180 e. The van der Waals surface area contributed by atoms with Crippen molar-refractivity contribution in [2.24, 2.45) is 5.92 Å².